The molecule has 2 fully saturated rings. The van der Waals surface area contributed by atoms with Gasteiger partial charge in [0.25, 0.3) is 0 Å². The van der Waals surface area contributed by atoms with Crippen LogP contribution in [-0.2, 0) is 9.59 Å². The molecule has 0 bridgehead atoms. The van der Waals surface area contributed by atoms with E-state index in [1.807, 2.05) is 40.1 Å². The molecule has 2 aromatic heterocycles. The Hall–Kier alpha value is -3.35. The van der Waals surface area contributed by atoms with Crippen molar-refractivity contribution in [1.82, 2.24) is 19.8 Å². The van der Waals surface area contributed by atoms with Crippen LogP contribution in [0.3, 0.4) is 0 Å². The Morgan fingerprint density at radius 2 is 1.94 bits per heavy atom. The second-order valence-corrected chi connectivity index (χ2v) is 9.71. The minimum atomic E-state index is -0.346. The molecular formula is C28H34N4O3. The van der Waals surface area contributed by atoms with Gasteiger partial charge in [-0.25, -0.2) is 4.98 Å². The second-order valence-electron chi connectivity index (χ2n) is 9.71. The summed E-state index contributed by atoms with van der Waals surface area (Å²) in [5.74, 6) is 1.02. The van der Waals surface area contributed by atoms with E-state index in [0.29, 0.717) is 25.6 Å². The number of pyridine rings is 1. The highest BCUT2D eigenvalue weighted by atomic mass is 16.5. The summed E-state index contributed by atoms with van der Waals surface area (Å²) < 4.78 is 5.32. The Kier molecular flexibility index (Phi) is 6.75. The normalized spacial score (nSPS) is 21.1. The van der Waals surface area contributed by atoms with E-state index in [1.54, 1.807) is 13.3 Å². The van der Waals surface area contributed by atoms with E-state index in [-0.39, 0.29) is 30.2 Å². The van der Waals surface area contributed by atoms with Gasteiger partial charge in [-0.2, -0.15) is 0 Å². The maximum Gasteiger partial charge on any atom is 0.228 e. The number of ether oxygens (including phenoxy) is 1. The van der Waals surface area contributed by atoms with Crippen LogP contribution in [0, 0.1) is 5.92 Å². The molecule has 184 valence electrons. The number of methoxy groups -OCH3 is 1. The largest absolute Gasteiger partial charge is 0.497 e. The number of piperidine rings is 1. The number of fused-ring (bicyclic) bond motifs is 1. The first-order valence-corrected chi connectivity index (χ1v) is 12.7. The summed E-state index contributed by atoms with van der Waals surface area (Å²) >= 11 is 0. The van der Waals surface area contributed by atoms with Crippen molar-refractivity contribution >= 4 is 22.8 Å². The van der Waals surface area contributed by atoms with Crippen molar-refractivity contribution in [2.75, 3.05) is 26.7 Å². The highest BCUT2D eigenvalue weighted by molar-refractivity contribution is 5.90. The molecule has 35 heavy (non-hydrogen) atoms. The molecule has 1 aromatic carbocycles. The number of nitrogens with one attached hydrogen (secondary N) is 1. The quantitative estimate of drug-likeness (QED) is 0.540. The van der Waals surface area contributed by atoms with Crippen LogP contribution in [0.5, 0.6) is 5.75 Å². The molecular weight excluding hydrogens is 440 g/mol. The van der Waals surface area contributed by atoms with Gasteiger partial charge < -0.3 is 19.5 Å². The Balaban J connectivity index is 1.32. The van der Waals surface area contributed by atoms with Crippen LogP contribution in [0.1, 0.15) is 62.1 Å². The SMILES string of the molecule is CCCCN1C(=O)CC(C(=O)N2CCC(c3c[nH]c4ncccc34)CC2)C1c1ccc(OC)cc1. The maximum atomic E-state index is 13.8. The van der Waals surface area contributed by atoms with Crippen molar-refractivity contribution < 1.29 is 14.3 Å². The summed E-state index contributed by atoms with van der Waals surface area (Å²) in [5.41, 5.74) is 3.21. The lowest BCUT2D eigenvalue weighted by atomic mass is 9.87. The highest BCUT2D eigenvalue weighted by Crippen LogP contribution is 2.41. The summed E-state index contributed by atoms with van der Waals surface area (Å²) in [6, 6.07) is 11.7. The molecule has 3 aromatic rings. The van der Waals surface area contributed by atoms with Crippen LogP contribution in [-0.4, -0.2) is 58.3 Å². The molecule has 1 N–H and O–H groups in total. The molecule has 0 radical (unpaired) electrons. The Morgan fingerprint density at radius 3 is 2.66 bits per heavy atom. The van der Waals surface area contributed by atoms with E-state index in [2.05, 4.69) is 29.2 Å². The first-order valence-electron chi connectivity index (χ1n) is 12.7. The number of carbonyl (C=O) groups excluding carboxylic acids is 2. The van der Waals surface area contributed by atoms with Gasteiger partial charge in [-0.3, -0.25) is 9.59 Å². The fourth-order valence-corrected chi connectivity index (χ4v) is 5.78. The van der Waals surface area contributed by atoms with Crippen LogP contribution in [0.4, 0.5) is 0 Å². The number of benzene rings is 1. The number of rotatable bonds is 7. The number of carbonyl (C=O) groups is 2. The molecule has 0 aliphatic carbocycles. The Bertz CT molecular complexity index is 1180. The summed E-state index contributed by atoms with van der Waals surface area (Å²) in [6.07, 6.45) is 7.94. The van der Waals surface area contributed by atoms with Gasteiger partial charge in [-0.1, -0.05) is 25.5 Å². The lowest BCUT2D eigenvalue weighted by Crippen LogP contribution is -2.43. The molecule has 2 saturated heterocycles. The zero-order valence-electron chi connectivity index (χ0n) is 20.6. The number of aromatic nitrogens is 2. The smallest absolute Gasteiger partial charge is 0.228 e. The topological polar surface area (TPSA) is 78.5 Å². The molecule has 2 aliphatic heterocycles. The van der Waals surface area contributed by atoms with Crippen LogP contribution < -0.4 is 4.74 Å². The second kappa shape index (κ2) is 10.1. The predicted octanol–water partition coefficient (Wildman–Crippen LogP) is 4.67. The molecule has 7 heteroatoms. The van der Waals surface area contributed by atoms with E-state index in [0.717, 1.165) is 42.6 Å². The molecule has 0 spiro atoms. The molecule has 2 amide bonds. The Morgan fingerprint density at radius 1 is 1.17 bits per heavy atom. The number of unbranched alkanes of at least 4 members (excludes halogenated alkanes) is 1. The molecule has 2 unspecified atom stereocenters. The lowest BCUT2D eigenvalue weighted by Gasteiger charge is -2.35. The van der Waals surface area contributed by atoms with E-state index in [1.165, 1.54) is 10.9 Å². The van der Waals surface area contributed by atoms with Gasteiger partial charge in [0.15, 0.2) is 0 Å². The zero-order chi connectivity index (χ0) is 24.4. The lowest BCUT2D eigenvalue weighted by molar-refractivity contribution is -0.137. The average Bonchev–Trinajstić information content (AvgIpc) is 3.48. The number of hydrogen-bond acceptors (Lipinski definition) is 4. The number of amides is 2. The standard InChI is InChI=1S/C28H34N4O3/c1-3-4-14-32-25(33)17-23(26(32)20-7-9-21(35-2)10-8-20)28(34)31-15-11-19(12-16-31)24-18-30-27-22(24)6-5-13-29-27/h5-10,13,18-19,23,26H,3-4,11-12,14-17H2,1-2H3,(H,29,30). The first-order chi connectivity index (χ1) is 17.1. The number of aromatic amines is 1. The molecule has 2 aliphatic rings. The molecule has 5 rings (SSSR count). The van der Waals surface area contributed by atoms with Gasteiger partial charge >= 0.3 is 0 Å². The van der Waals surface area contributed by atoms with Gasteiger partial charge in [0.2, 0.25) is 11.8 Å². The van der Waals surface area contributed by atoms with Gasteiger partial charge in [0.1, 0.15) is 11.4 Å². The monoisotopic (exact) mass is 474 g/mol. The van der Waals surface area contributed by atoms with Crippen molar-refractivity contribution in [3.05, 3.63) is 59.9 Å². The molecule has 7 nitrogen and oxygen atoms in total. The maximum absolute atomic E-state index is 13.8. The minimum absolute atomic E-state index is 0.0822. The fourth-order valence-electron chi connectivity index (χ4n) is 5.78. The third kappa shape index (κ3) is 4.51. The van der Waals surface area contributed by atoms with Gasteiger partial charge in [-0.05, 0) is 60.6 Å². The molecule has 2 atom stereocenters. The van der Waals surface area contributed by atoms with E-state index in [4.69, 9.17) is 4.74 Å². The van der Waals surface area contributed by atoms with Crippen molar-refractivity contribution in [3.8, 4) is 5.75 Å². The minimum Gasteiger partial charge on any atom is -0.497 e. The number of likely N-dealkylation sites (tertiary alicyclic amines) is 2. The van der Waals surface area contributed by atoms with Gasteiger partial charge in [0.05, 0.1) is 19.1 Å². The summed E-state index contributed by atoms with van der Waals surface area (Å²) in [4.78, 5) is 38.4. The third-order valence-corrected chi connectivity index (χ3v) is 7.69. The highest BCUT2D eigenvalue weighted by Gasteiger charge is 2.46. The first kappa shape index (κ1) is 23.4. The van der Waals surface area contributed by atoms with Crippen molar-refractivity contribution in [3.63, 3.8) is 0 Å². The molecule has 4 heterocycles. The van der Waals surface area contributed by atoms with Crippen LogP contribution in [0.15, 0.2) is 48.8 Å². The third-order valence-electron chi connectivity index (χ3n) is 7.69. The number of nitrogens with zero attached hydrogens (tertiary/aromatic N) is 3. The predicted molar refractivity (Wildman–Crippen MR) is 135 cm³/mol. The Labute approximate surface area is 206 Å². The van der Waals surface area contributed by atoms with Crippen molar-refractivity contribution in [2.24, 2.45) is 5.92 Å². The number of hydrogen-bond donors (Lipinski definition) is 1. The number of H-pyrrole nitrogens is 1. The summed E-state index contributed by atoms with van der Waals surface area (Å²) in [5, 5.41) is 1.17. The van der Waals surface area contributed by atoms with E-state index in [9.17, 15) is 9.59 Å². The van der Waals surface area contributed by atoms with Crippen LogP contribution in [0.2, 0.25) is 0 Å². The molecule has 0 saturated carbocycles. The van der Waals surface area contributed by atoms with Crippen LogP contribution >= 0.6 is 0 Å². The zero-order valence-corrected chi connectivity index (χ0v) is 20.6. The summed E-state index contributed by atoms with van der Waals surface area (Å²) in [6.45, 7) is 4.24. The average molecular weight is 475 g/mol. The van der Waals surface area contributed by atoms with Crippen molar-refractivity contribution in [1.29, 1.82) is 0 Å². The van der Waals surface area contributed by atoms with E-state index >= 15 is 0 Å². The fraction of sp³-hybridized carbons (Fsp3) is 0.464. The van der Waals surface area contributed by atoms with Crippen LogP contribution in [0.25, 0.3) is 11.0 Å². The van der Waals surface area contributed by atoms with Gasteiger partial charge in [-0.15, -0.1) is 0 Å². The van der Waals surface area contributed by atoms with Crippen molar-refractivity contribution in [2.45, 2.75) is 51.0 Å². The summed E-state index contributed by atoms with van der Waals surface area (Å²) in [7, 11) is 1.64. The van der Waals surface area contributed by atoms with E-state index < -0.39 is 0 Å². The van der Waals surface area contributed by atoms with Gasteiger partial charge in [0, 0.05) is 43.8 Å².